The Kier molecular flexibility index (Phi) is 41.7. The first-order valence-corrected chi connectivity index (χ1v) is 31.9. The van der Waals surface area contributed by atoms with Gasteiger partial charge >= 0.3 is 0 Å². The van der Waals surface area contributed by atoms with Crippen LogP contribution in [-0.2, 0) is 0 Å². The van der Waals surface area contributed by atoms with E-state index in [0.717, 1.165) is 97.4 Å². The second kappa shape index (κ2) is 47.8. The normalized spacial score (nSPS) is 11.6. The fraction of sp³-hybridized carbons (Fsp3) is 0.686. The molecule has 0 aromatic heterocycles. The minimum atomic E-state index is 0.751. The monoisotopic (exact) mass is 1020 g/mol. The first kappa shape index (κ1) is 64.6. The lowest BCUT2D eigenvalue weighted by Gasteiger charge is -2.12. The highest BCUT2D eigenvalue weighted by molar-refractivity contribution is 5.74. The third-order valence-corrected chi connectivity index (χ3v) is 14.7. The summed E-state index contributed by atoms with van der Waals surface area (Å²) in [7, 11) is 0. The summed E-state index contributed by atoms with van der Waals surface area (Å²) in [6, 6.07) is 21.7. The third kappa shape index (κ3) is 36.3. The van der Waals surface area contributed by atoms with Crippen LogP contribution < -0.4 is 18.9 Å². The molecule has 0 atom stereocenters. The molecule has 3 aromatic rings. The van der Waals surface area contributed by atoms with Crippen molar-refractivity contribution in [2.45, 2.75) is 285 Å². The molecule has 3 rings (SSSR count). The van der Waals surface area contributed by atoms with Gasteiger partial charge < -0.3 is 18.9 Å². The van der Waals surface area contributed by atoms with E-state index < -0.39 is 0 Å². The molecule has 418 valence electrons. The largest absolute Gasteiger partial charge is 0.493 e. The van der Waals surface area contributed by atoms with Crippen molar-refractivity contribution in [3.63, 3.8) is 0 Å². The lowest BCUT2D eigenvalue weighted by atomic mass is 10.1. The van der Waals surface area contributed by atoms with E-state index >= 15 is 0 Å². The molecule has 0 saturated carbocycles. The quantitative estimate of drug-likeness (QED) is 0.0417. The van der Waals surface area contributed by atoms with Gasteiger partial charge in [-0.3, -0.25) is 0 Å². The Morgan fingerprint density at radius 1 is 0.216 bits per heavy atom. The zero-order valence-corrected chi connectivity index (χ0v) is 48.8. The number of unbranched alkanes of at least 4 members (excludes halogenated alkanes) is 36. The first-order chi connectivity index (χ1) is 36.6. The molecule has 0 aliphatic heterocycles. The van der Waals surface area contributed by atoms with Crippen LogP contribution in [0.3, 0.4) is 0 Å². The molecule has 0 saturated heterocycles. The molecule has 0 N–H and O–H groups in total. The van der Waals surface area contributed by atoms with Crippen LogP contribution >= 0.6 is 0 Å². The van der Waals surface area contributed by atoms with Gasteiger partial charge in [-0.1, -0.05) is 307 Å². The average molecular weight is 1020 g/mol. The molecule has 0 spiro atoms. The summed E-state index contributed by atoms with van der Waals surface area (Å²) in [6.45, 7) is 12.2. The first-order valence-electron chi connectivity index (χ1n) is 31.9. The van der Waals surface area contributed by atoms with Crippen LogP contribution in [0, 0.1) is 0 Å². The molecule has 0 aliphatic carbocycles. The SMILES string of the molecule is CCCCCCCCCCCCOc1cc(/C=C/c2ccc(/C=C/c3cc(OCCCCCCCCCCCC)cc(OCCCCCCCCCCCC)c3)cc2)cc(OCCCCCCCCCCCC)c1. The predicted molar refractivity (Wildman–Crippen MR) is 327 cm³/mol. The van der Waals surface area contributed by atoms with E-state index in [1.165, 1.54) is 231 Å². The van der Waals surface area contributed by atoms with Crippen molar-refractivity contribution >= 4 is 24.3 Å². The van der Waals surface area contributed by atoms with Crippen LogP contribution in [0.1, 0.15) is 307 Å². The van der Waals surface area contributed by atoms with Crippen molar-refractivity contribution in [3.05, 3.63) is 82.9 Å². The van der Waals surface area contributed by atoms with Gasteiger partial charge in [-0.2, -0.15) is 0 Å². The number of rotatable bonds is 52. The van der Waals surface area contributed by atoms with E-state index in [4.69, 9.17) is 18.9 Å². The van der Waals surface area contributed by atoms with Gasteiger partial charge in [-0.05, 0) is 72.2 Å². The van der Waals surface area contributed by atoms with Crippen LogP contribution in [0.5, 0.6) is 23.0 Å². The molecule has 4 heteroatoms. The molecule has 0 bridgehead atoms. The molecule has 0 fully saturated rings. The van der Waals surface area contributed by atoms with Gasteiger partial charge in [0.2, 0.25) is 0 Å². The van der Waals surface area contributed by atoms with Gasteiger partial charge in [-0.25, -0.2) is 0 Å². The van der Waals surface area contributed by atoms with E-state index in [1.807, 2.05) is 0 Å². The van der Waals surface area contributed by atoms with E-state index in [1.54, 1.807) is 0 Å². The second-order valence-electron chi connectivity index (χ2n) is 21.9. The molecule has 4 nitrogen and oxygen atoms in total. The number of hydrogen-bond donors (Lipinski definition) is 0. The van der Waals surface area contributed by atoms with Crippen LogP contribution in [0.2, 0.25) is 0 Å². The highest BCUT2D eigenvalue weighted by Crippen LogP contribution is 2.28. The smallest absolute Gasteiger partial charge is 0.123 e. The van der Waals surface area contributed by atoms with Gasteiger partial charge in [0.25, 0.3) is 0 Å². The summed E-state index contributed by atoms with van der Waals surface area (Å²) < 4.78 is 25.5. The van der Waals surface area contributed by atoms with E-state index in [0.29, 0.717) is 0 Å². The standard InChI is InChI=1S/C70H114O4/c1-5-9-13-17-21-25-29-33-37-41-53-71-67-57-65(58-68(61-67)72-54-42-38-34-30-26-22-18-14-10-6-2)51-49-63-45-47-64(48-46-63)50-52-66-59-69(73-55-43-39-35-31-27-23-19-15-11-7-3)62-70(60-66)74-56-44-40-36-32-28-24-20-16-12-8-4/h45-52,57-62H,5-44,53-56H2,1-4H3/b51-49+,52-50+. The number of benzene rings is 3. The minimum Gasteiger partial charge on any atom is -0.493 e. The van der Waals surface area contributed by atoms with E-state index in [-0.39, 0.29) is 0 Å². The van der Waals surface area contributed by atoms with Crippen LogP contribution in [0.4, 0.5) is 0 Å². The summed E-state index contributed by atoms with van der Waals surface area (Å²) in [5, 5.41) is 0. The molecular formula is C70H114O4. The Bertz CT molecular complexity index is 1540. The zero-order valence-electron chi connectivity index (χ0n) is 48.8. The molecule has 3 aromatic carbocycles. The van der Waals surface area contributed by atoms with Gasteiger partial charge in [0, 0.05) is 12.1 Å². The maximum Gasteiger partial charge on any atom is 0.123 e. The lowest BCUT2D eigenvalue weighted by Crippen LogP contribution is -2.01. The van der Waals surface area contributed by atoms with Gasteiger partial charge in [0.05, 0.1) is 26.4 Å². The van der Waals surface area contributed by atoms with Crippen molar-refractivity contribution in [2.75, 3.05) is 26.4 Å². The van der Waals surface area contributed by atoms with Crippen molar-refractivity contribution in [3.8, 4) is 23.0 Å². The summed E-state index contributed by atoms with van der Waals surface area (Å²) in [6.07, 6.45) is 61.8. The number of ether oxygens (including phenoxy) is 4. The molecular weight excluding hydrogens is 905 g/mol. The van der Waals surface area contributed by atoms with Crippen molar-refractivity contribution in [2.24, 2.45) is 0 Å². The summed E-state index contributed by atoms with van der Waals surface area (Å²) in [5.74, 6) is 3.62. The Morgan fingerprint density at radius 3 is 0.595 bits per heavy atom. The average Bonchev–Trinajstić information content (AvgIpc) is 3.41. The molecule has 0 aliphatic rings. The maximum absolute atomic E-state index is 6.38. The fourth-order valence-corrected chi connectivity index (χ4v) is 9.93. The van der Waals surface area contributed by atoms with Crippen LogP contribution in [0.15, 0.2) is 60.7 Å². The number of hydrogen-bond acceptors (Lipinski definition) is 4. The Labute approximate surface area is 458 Å². The molecule has 0 unspecified atom stereocenters. The van der Waals surface area contributed by atoms with Crippen LogP contribution in [0.25, 0.3) is 24.3 Å². The Hall–Kier alpha value is -3.66. The lowest BCUT2D eigenvalue weighted by molar-refractivity contribution is 0.289. The zero-order chi connectivity index (χ0) is 52.5. The predicted octanol–water partition coefficient (Wildman–Crippen LogP) is 23.2. The highest BCUT2D eigenvalue weighted by Gasteiger charge is 2.06. The third-order valence-electron chi connectivity index (χ3n) is 14.7. The van der Waals surface area contributed by atoms with Gasteiger partial charge in [-0.15, -0.1) is 0 Å². The van der Waals surface area contributed by atoms with E-state index in [2.05, 4.69) is 113 Å². The van der Waals surface area contributed by atoms with Crippen molar-refractivity contribution in [1.29, 1.82) is 0 Å². The van der Waals surface area contributed by atoms with Crippen LogP contribution in [-0.4, -0.2) is 26.4 Å². The Morgan fingerprint density at radius 2 is 0.392 bits per heavy atom. The molecule has 0 amide bonds. The Balaban J connectivity index is 1.57. The summed E-state index contributed by atoms with van der Waals surface area (Å²) >= 11 is 0. The van der Waals surface area contributed by atoms with E-state index in [9.17, 15) is 0 Å². The molecule has 74 heavy (non-hydrogen) atoms. The second-order valence-corrected chi connectivity index (χ2v) is 21.9. The summed E-state index contributed by atoms with van der Waals surface area (Å²) in [4.78, 5) is 0. The van der Waals surface area contributed by atoms with Crippen molar-refractivity contribution in [1.82, 2.24) is 0 Å². The topological polar surface area (TPSA) is 36.9 Å². The van der Waals surface area contributed by atoms with Gasteiger partial charge in [0.1, 0.15) is 23.0 Å². The fourth-order valence-electron chi connectivity index (χ4n) is 9.93. The minimum absolute atomic E-state index is 0.751. The molecule has 0 heterocycles. The van der Waals surface area contributed by atoms with Crippen molar-refractivity contribution < 1.29 is 18.9 Å². The highest BCUT2D eigenvalue weighted by atomic mass is 16.5. The summed E-state index contributed by atoms with van der Waals surface area (Å²) in [5.41, 5.74) is 4.54. The maximum atomic E-state index is 6.38. The van der Waals surface area contributed by atoms with Gasteiger partial charge in [0.15, 0.2) is 0 Å². The molecule has 0 radical (unpaired) electrons.